The number of piperazine rings is 1. The summed E-state index contributed by atoms with van der Waals surface area (Å²) in [6.45, 7) is 1.59. The molecule has 0 unspecified atom stereocenters. The summed E-state index contributed by atoms with van der Waals surface area (Å²) in [7, 11) is 0. The fourth-order valence-electron chi connectivity index (χ4n) is 2.77. The van der Waals surface area contributed by atoms with Gasteiger partial charge in [0.1, 0.15) is 11.5 Å². The van der Waals surface area contributed by atoms with Gasteiger partial charge in [-0.05, 0) is 42.5 Å². The highest BCUT2D eigenvalue weighted by Crippen LogP contribution is 2.23. The number of phenols is 1. The van der Waals surface area contributed by atoms with Crippen molar-refractivity contribution in [3.8, 4) is 11.5 Å². The molecule has 0 saturated carbocycles. The van der Waals surface area contributed by atoms with Crippen molar-refractivity contribution in [2.24, 2.45) is 0 Å². The molecule has 2 aromatic rings. The van der Waals surface area contributed by atoms with E-state index in [9.17, 15) is 14.7 Å². The van der Waals surface area contributed by atoms with Gasteiger partial charge in [-0.25, -0.2) is 0 Å². The number of carbonyl (C=O) groups excluding carboxylic acids is 2. The van der Waals surface area contributed by atoms with Gasteiger partial charge in [-0.1, -0.05) is 23.2 Å². The Bertz CT molecular complexity index is 834. The molecular weight excluding hydrogens is 391 g/mol. The van der Waals surface area contributed by atoms with Gasteiger partial charge in [-0.15, -0.1) is 0 Å². The monoisotopic (exact) mass is 408 g/mol. The predicted octanol–water partition coefficient (Wildman–Crippen LogP) is 3.06. The number of carbonyl (C=O) groups is 2. The van der Waals surface area contributed by atoms with E-state index in [1.807, 2.05) is 0 Å². The Hall–Kier alpha value is -2.44. The number of benzene rings is 2. The fraction of sp³-hybridized carbons (Fsp3) is 0.263. The SMILES string of the molecule is O=C(COc1ccc(O)cc1)N1CCN(C(=O)c2ccc(Cl)cc2Cl)CC1. The van der Waals surface area contributed by atoms with Crippen molar-refractivity contribution in [2.45, 2.75) is 0 Å². The number of amides is 2. The molecular formula is C19H18Cl2N2O4. The molecule has 27 heavy (non-hydrogen) atoms. The van der Waals surface area contributed by atoms with Gasteiger partial charge in [-0.2, -0.15) is 0 Å². The van der Waals surface area contributed by atoms with Crippen LogP contribution in [0.1, 0.15) is 10.4 Å². The van der Waals surface area contributed by atoms with E-state index in [0.717, 1.165) is 0 Å². The Morgan fingerprint density at radius 1 is 0.963 bits per heavy atom. The Morgan fingerprint density at radius 2 is 1.59 bits per heavy atom. The highest BCUT2D eigenvalue weighted by molar-refractivity contribution is 6.36. The van der Waals surface area contributed by atoms with Gasteiger partial charge in [0.05, 0.1) is 10.6 Å². The number of aromatic hydroxyl groups is 1. The van der Waals surface area contributed by atoms with Crippen LogP contribution in [0.15, 0.2) is 42.5 Å². The van der Waals surface area contributed by atoms with Crippen LogP contribution in [0.25, 0.3) is 0 Å². The van der Waals surface area contributed by atoms with Crippen LogP contribution in [0.3, 0.4) is 0 Å². The predicted molar refractivity (Wildman–Crippen MR) is 103 cm³/mol. The smallest absolute Gasteiger partial charge is 0.260 e. The molecule has 0 radical (unpaired) electrons. The van der Waals surface area contributed by atoms with Gasteiger partial charge in [0.15, 0.2) is 6.61 Å². The number of hydrogen-bond acceptors (Lipinski definition) is 4. The summed E-state index contributed by atoms with van der Waals surface area (Å²) >= 11 is 12.0. The second-order valence-corrected chi connectivity index (χ2v) is 6.92. The lowest BCUT2D eigenvalue weighted by Crippen LogP contribution is -2.51. The van der Waals surface area contributed by atoms with E-state index in [1.54, 1.807) is 34.1 Å². The summed E-state index contributed by atoms with van der Waals surface area (Å²) in [5.74, 6) is 0.311. The molecule has 1 aliphatic heterocycles. The molecule has 6 nitrogen and oxygen atoms in total. The summed E-state index contributed by atoms with van der Waals surface area (Å²) in [5.41, 5.74) is 0.400. The molecule has 2 aromatic carbocycles. The van der Waals surface area contributed by atoms with Crippen LogP contribution in [0.2, 0.25) is 10.0 Å². The topological polar surface area (TPSA) is 70.1 Å². The lowest BCUT2D eigenvalue weighted by atomic mass is 10.1. The zero-order valence-electron chi connectivity index (χ0n) is 14.4. The van der Waals surface area contributed by atoms with Gasteiger partial charge in [-0.3, -0.25) is 9.59 Å². The maximum atomic E-state index is 12.6. The van der Waals surface area contributed by atoms with Gasteiger partial charge in [0, 0.05) is 31.2 Å². The molecule has 8 heteroatoms. The van der Waals surface area contributed by atoms with Crippen LogP contribution in [0.4, 0.5) is 0 Å². The fourth-order valence-corrected chi connectivity index (χ4v) is 3.26. The molecule has 1 fully saturated rings. The van der Waals surface area contributed by atoms with Crippen LogP contribution in [-0.2, 0) is 4.79 Å². The maximum Gasteiger partial charge on any atom is 0.260 e. The first-order valence-corrected chi connectivity index (χ1v) is 9.13. The standard InChI is InChI=1S/C19H18Cl2N2O4/c20-13-1-6-16(17(21)11-13)19(26)23-9-7-22(8-10-23)18(25)12-27-15-4-2-14(24)3-5-15/h1-6,11,24H,7-10,12H2. The molecule has 0 atom stereocenters. The second kappa shape index (κ2) is 8.50. The zero-order chi connectivity index (χ0) is 19.4. The molecule has 3 rings (SSSR count). The number of rotatable bonds is 4. The molecule has 1 heterocycles. The third kappa shape index (κ3) is 4.84. The lowest BCUT2D eigenvalue weighted by Gasteiger charge is -2.34. The lowest BCUT2D eigenvalue weighted by molar-refractivity contribution is -0.134. The van der Waals surface area contributed by atoms with E-state index in [2.05, 4.69) is 0 Å². The van der Waals surface area contributed by atoms with Gasteiger partial charge >= 0.3 is 0 Å². The minimum atomic E-state index is -0.177. The van der Waals surface area contributed by atoms with Crippen LogP contribution in [0.5, 0.6) is 11.5 Å². The van der Waals surface area contributed by atoms with Crippen LogP contribution < -0.4 is 4.74 Å². The van der Waals surface area contributed by atoms with Gasteiger partial charge in [0.2, 0.25) is 0 Å². The van der Waals surface area contributed by atoms with Crippen LogP contribution in [0, 0.1) is 0 Å². The van der Waals surface area contributed by atoms with E-state index in [0.29, 0.717) is 47.5 Å². The first-order valence-electron chi connectivity index (χ1n) is 8.38. The summed E-state index contributed by atoms with van der Waals surface area (Å²) in [4.78, 5) is 28.2. The van der Waals surface area contributed by atoms with Crippen molar-refractivity contribution in [3.63, 3.8) is 0 Å². The normalized spacial score (nSPS) is 14.1. The summed E-state index contributed by atoms with van der Waals surface area (Å²) in [5, 5.41) is 10.0. The Morgan fingerprint density at radius 3 is 2.22 bits per heavy atom. The number of ether oxygens (including phenoxy) is 1. The van der Waals surface area contributed by atoms with Crippen molar-refractivity contribution < 1.29 is 19.4 Å². The Balaban J connectivity index is 1.51. The van der Waals surface area contributed by atoms with Gasteiger partial charge in [0.25, 0.3) is 11.8 Å². The highest BCUT2D eigenvalue weighted by atomic mass is 35.5. The maximum absolute atomic E-state index is 12.6. The van der Waals surface area contributed by atoms with Crippen molar-refractivity contribution >= 4 is 35.0 Å². The minimum absolute atomic E-state index is 0.0955. The number of hydrogen-bond donors (Lipinski definition) is 1. The molecule has 0 bridgehead atoms. The number of halogens is 2. The second-order valence-electron chi connectivity index (χ2n) is 6.08. The van der Waals surface area contributed by atoms with E-state index < -0.39 is 0 Å². The molecule has 0 aliphatic carbocycles. The highest BCUT2D eigenvalue weighted by Gasteiger charge is 2.26. The summed E-state index contributed by atoms with van der Waals surface area (Å²) in [6, 6.07) is 10.9. The molecule has 1 N–H and O–H groups in total. The van der Waals surface area contributed by atoms with Crippen LogP contribution in [-0.4, -0.2) is 59.5 Å². The van der Waals surface area contributed by atoms with E-state index in [-0.39, 0.29) is 24.2 Å². The van der Waals surface area contributed by atoms with Gasteiger partial charge < -0.3 is 19.6 Å². The van der Waals surface area contributed by atoms with E-state index in [4.69, 9.17) is 27.9 Å². The molecule has 2 amide bonds. The third-order valence-electron chi connectivity index (χ3n) is 4.28. The molecule has 142 valence electrons. The zero-order valence-corrected chi connectivity index (χ0v) is 15.9. The largest absolute Gasteiger partial charge is 0.508 e. The van der Waals surface area contributed by atoms with E-state index >= 15 is 0 Å². The number of nitrogens with zero attached hydrogens (tertiary/aromatic N) is 2. The molecule has 1 saturated heterocycles. The quantitative estimate of drug-likeness (QED) is 0.843. The first kappa shape index (κ1) is 19.3. The first-order chi connectivity index (χ1) is 12.9. The van der Waals surface area contributed by atoms with Crippen molar-refractivity contribution in [1.29, 1.82) is 0 Å². The molecule has 1 aliphatic rings. The summed E-state index contributed by atoms with van der Waals surface area (Å²) < 4.78 is 5.43. The molecule has 0 aromatic heterocycles. The minimum Gasteiger partial charge on any atom is -0.508 e. The van der Waals surface area contributed by atoms with Crippen molar-refractivity contribution in [1.82, 2.24) is 9.80 Å². The third-order valence-corrected chi connectivity index (χ3v) is 4.83. The van der Waals surface area contributed by atoms with Crippen molar-refractivity contribution in [3.05, 3.63) is 58.1 Å². The molecule has 0 spiro atoms. The number of phenolic OH excluding ortho intramolecular Hbond substituents is 1. The summed E-state index contributed by atoms with van der Waals surface area (Å²) in [6.07, 6.45) is 0. The van der Waals surface area contributed by atoms with Crippen molar-refractivity contribution in [2.75, 3.05) is 32.8 Å². The van der Waals surface area contributed by atoms with E-state index in [1.165, 1.54) is 18.2 Å². The Kier molecular flexibility index (Phi) is 6.08. The van der Waals surface area contributed by atoms with Crippen LogP contribution >= 0.6 is 23.2 Å². The average Bonchev–Trinajstić information content (AvgIpc) is 2.67. The Labute approximate surface area is 166 Å². The average molecular weight is 409 g/mol.